The molecular weight excluding hydrogens is 52.0 g/mol. The predicted molar refractivity (Wildman–Crippen MR) is 17.0 cm³/mol. The largest absolute Gasteiger partial charge is 1.00 e. The van der Waals surface area contributed by atoms with E-state index in [2.05, 4.69) is 6.58 Å². The number of rotatable bonds is 1. The Bertz CT molecular complexity index is 27.9. The normalized spacial score (nSPS) is 5.00. The van der Waals surface area contributed by atoms with Crippen LogP contribution in [0.2, 0.25) is 0 Å². The van der Waals surface area contributed by atoms with Gasteiger partial charge in [-0.1, -0.05) is 6.58 Å². The van der Waals surface area contributed by atoms with Crippen LogP contribution in [-0.4, -0.2) is 6.29 Å². The lowest BCUT2D eigenvalue weighted by molar-refractivity contribution is 0.564. The quantitative estimate of drug-likeness (QED) is 0.397. The Balaban J connectivity index is 0. The van der Waals surface area contributed by atoms with E-state index in [1.807, 2.05) is 0 Å². The van der Waals surface area contributed by atoms with Gasteiger partial charge in [0.2, 0.25) is 6.29 Å². The summed E-state index contributed by atoms with van der Waals surface area (Å²) in [5.41, 5.74) is 0. The van der Waals surface area contributed by atoms with E-state index in [1.165, 1.54) is 6.29 Å². The Morgan fingerprint density at radius 3 is 2.50 bits per heavy atom. The second kappa shape index (κ2) is 2.41. The van der Waals surface area contributed by atoms with Crippen LogP contribution < -0.4 is 0 Å². The molecule has 0 bridgehead atoms. The van der Waals surface area contributed by atoms with Crippen LogP contribution in [0.1, 0.15) is 1.43 Å². The summed E-state index contributed by atoms with van der Waals surface area (Å²) < 4.78 is 0. The van der Waals surface area contributed by atoms with Gasteiger partial charge in [0.05, 0.1) is 0 Å². The van der Waals surface area contributed by atoms with Gasteiger partial charge in [-0.25, -0.2) is 0 Å². The minimum absolute atomic E-state index is 0. The molecule has 0 fully saturated rings. The van der Waals surface area contributed by atoms with Crippen molar-refractivity contribution in [3.63, 3.8) is 0 Å². The highest BCUT2D eigenvalue weighted by Gasteiger charge is 1.42. The zero-order chi connectivity index (χ0) is 3.41. The van der Waals surface area contributed by atoms with Crippen LogP contribution in [0.3, 0.4) is 0 Å². The summed E-state index contributed by atoms with van der Waals surface area (Å²) in [6.07, 6.45) is 2.51. The van der Waals surface area contributed by atoms with E-state index >= 15 is 0 Å². The third kappa shape index (κ3) is 1.41. The van der Waals surface area contributed by atoms with Crippen LogP contribution in [0.5, 0.6) is 0 Å². The molecule has 0 heterocycles. The van der Waals surface area contributed by atoms with Gasteiger partial charge >= 0.3 is 1.43 Å². The van der Waals surface area contributed by atoms with Gasteiger partial charge in [-0.15, -0.1) is 0 Å². The molecule has 4 heavy (non-hydrogen) atoms. The molecule has 0 spiro atoms. The van der Waals surface area contributed by atoms with E-state index in [-0.39, 0.29) is 1.43 Å². The average Bonchev–Trinajstić information content (AvgIpc) is 1.37. The highest BCUT2D eigenvalue weighted by molar-refractivity contribution is 5.64. The van der Waals surface area contributed by atoms with Crippen LogP contribution in [0, 0.1) is 0 Å². The number of hydrogen-bond donors (Lipinski definition) is 0. The molecule has 0 aromatic carbocycles. The fourth-order valence-corrected chi connectivity index (χ4v) is 0. The fraction of sp³-hybridized carbons (Fsp3) is 0. The lowest BCUT2D eigenvalue weighted by atomic mass is 10.8. The third-order valence-corrected chi connectivity index (χ3v) is 0.0833. The van der Waals surface area contributed by atoms with Crippen molar-refractivity contribution in [1.29, 1.82) is 0 Å². The fourth-order valence-electron chi connectivity index (χ4n) is 0. The molecule has 0 rings (SSSR count). The van der Waals surface area contributed by atoms with Gasteiger partial charge in [0, 0.05) is 0 Å². The van der Waals surface area contributed by atoms with Gasteiger partial charge < -0.3 is 0 Å². The molecule has 21 valence electrons. The van der Waals surface area contributed by atoms with Gasteiger partial charge in [-0.3, -0.25) is 4.79 Å². The van der Waals surface area contributed by atoms with Crippen LogP contribution in [0.4, 0.5) is 0 Å². The summed E-state index contributed by atoms with van der Waals surface area (Å²) in [5, 5.41) is 0. The summed E-state index contributed by atoms with van der Waals surface area (Å²) in [6.45, 7) is 3.06. The van der Waals surface area contributed by atoms with Gasteiger partial charge in [0.1, 0.15) is 0 Å². The van der Waals surface area contributed by atoms with E-state index in [0.29, 0.717) is 0 Å². The molecular formula is C3H4O+. The highest BCUT2D eigenvalue weighted by Crippen LogP contribution is 1.35. The Hall–Kier alpha value is -0.590. The monoisotopic (exact) mass is 56.0 g/mol. The lowest BCUT2D eigenvalue weighted by Gasteiger charge is -1.34. The van der Waals surface area contributed by atoms with Crippen molar-refractivity contribution in [1.82, 2.24) is 0 Å². The topological polar surface area (TPSA) is 17.1 Å². The number of carbonyl (C=O) groups excluding carboxylic acids is 1. The second-order valence-electron chi connectivity index (χ2n) is 0.322. The van der Waals surface area contributed by atoms with Crippen LogP contribution in [0.15, 0.2) is 12.7 Å². The third-order valence-electron chi connectivity index (χ3n) is 0.0833. The first kappa shape index (κ1) is 3.41. The Morgan fingerprint density at radius 1 is 2.25 bits per heavy atom. The maximum Gasteiger partial charge on any atom is 1.00 e. The van der Waals surface area contributed by atoms with Gasteiger partial charge in [-0.05, 0) is 6.08 Å². The van der Waals surface area contributed by atoms with Crippen molar-refractivity contribution in [2.24, 2.45) is 0 Å². The van der Waals surface area contributed by atoms with Crippen LogP contribution in [-0.2, 0) is 4.79 Å². The lowest BCUT2D eigenvalue weighted by Crippen LogP contribution is -1.44. The molecule has 0 aromatic heterocycles. The van der Waals surface area contributed by atoms with Crippen molar-refractivity contribution in [2.75, 3.05) is 0 Å². The Morgan fingerprint density at radius 2 is 2.50 bits per heavy atom. The van der Waals surface area contributed by atoms with E-state index < -0.39 is 0 Å². The zero-order valence-electron chi connectivity index (χ0n) is 3.19. The maximum atomic E-state index is 8.93. The molecule has 1 nitrogen and oxygen atoms in total. The Kier molecular flexibility index (Phi) is 2.05. The van der Waals surface area contributed by atoms with E-state index in [0.717, 1.165) is 6.08 Å². The Labute approximate surface area is 26.4 Å². The number of hydrogen-bond acceptors (Lipinski definition) is 1. The zero-order valence-corrected chi connectivity index (χ0v) is 2.19. The molecule has 0 aliphatic carbocycles. The molecule has 0 amide bonds. The molecule has 0 atom stereocenters. The molecule has 0 unspecified atom stereocenters. The van der Waals surface area contributed by atoms with E-state index in [4.69, 9.17) is 4.79 Å². The minimum atomic E-state index is 0. The highest BCUT2D eigenvalue weighted by atomic mass is 16.1. The number of allylic oxidation sites excluding steroid dienone is 1. The summed E-state index contributed by atoms with van der Waals surface area (Å²) in [7, 11) is 0. The van der Waals surface area contributed by atoms with Crippen molar-refractivity contribution in [2.45, 2.75) is 0 Å². The first-order valence-electron chi connectivity index (χ1n) is 0.901. The first-order chi connectivity index (χ1) is 1.91. The smallest absolute Gasteiger partial charge is 0.286 e. The predicted octanol–water partition coefficient (Wildman–Crippen LogP) is 0.395. The van der Waals surface area contributed by atoms with Gasteiger partial charge in [0.25, 0.3) is 0 Å². The molecule has 0 aliphatic heterocycles. The molecule has 0 saturated carbocycles. The summed E-state index contributed by atoms with van der Waals surface area (Å²) in [6, 6.07) is 0. The van der Waals surface area contributed by atoms with E-state index in [1.54, 1.807) is 0 Å². The summed E-state index contributed by atoms with van der Waals surface area (Å²) in [4.78, 5) is 8.93. The maximum absolute atomic E-state index is 8.93. The van der Waals surface area contributed by atoms with Crippen molar-refractivity contribution < 1.29 is 6.22 Å². The van der Waals surface area contributed by atoms with Crippen molar-refractivity contribution >= 4 is 6.29 Å². The van der Waals surface area contributed by atoms with Crippen molar-refractivity contribution in [3.8, 4) is 0 Å². The van der Waals surface area contributed by atoms with Crippen molar-refractivity contribution in [3.05, 3.63) is 12.7 Å². The van der Waals surface area contributed by atoms with E-state index in [9.17, 15) is 0 Å². The van der Waals surface area contributed by atoms with Crippen LogP contribution >= 0.6 is 0 Å². The first-order valence-corrected chi connectivity index (χ1v) is 0.901. The van der Waals surface area contributed by atoms with Crippen LogP contribution in [0.25, 0.3) is 0 Å². The molecule has 0 N–H and O–H groups in total. The molecule has 0 aromatic rings. The standard InChI is InChI=1S/C3H3O/c1-2-3-4/h2H,1H2/p+1. The molecule has 1 radical (unpaired) electrons. The molecule has 0 saturated heterocycles. The molecule has 1 heteroatoms. The SMILES string of the molecule is C=C[C]=O.[H+]. The minimum Gasteiger partial charge on any atom is -0.286 e. The second-order valence-corrected chi connectivity index (χ2v) is 0.322. The summed E-state index contributed by atoms with van der Waals surface area (Å²) >= 11 is 0. The van der Waals surface area contributed by atoms with Gasteiger partial charge in [0.15, 0.2) is 0 Å². The molecule has 0 aliphatic rings. The van der Waals surface area contributed by atoms with Gasteiger partial charge in [-0.2, -0.15) is 0 Å². The summed E-state index contributed by atoms with van der Waals surface area (Å²) in [5.74, 6) is 0. The average molecular weight is 56.1 g/mol.